The molecule has 0 heterocycles. The van der Waals surface area contributed by atoms with Gasteiger partial charge in [0, 0.05) is 30.6 Å². The number of carbonyl (C=O) groups is 2. The smallest absolute Gasteiger partial charge is 0.312 e. The van der Waals surface area contributed by atoms with Gasteiger partial charge in [-0.25, -0.2) is 4.79 Å². The van der Waals surface area contributed by atoms with Crippen molar-refractivity contribution in [3.05, 3.63) is 34.9 Å². The molecule has 6 nitrogen and oxygen atoms in total. The number of aliphatic hydroxyl groups is 1. The third kappa shape index (κ3) is 5.97. The first-order valence-electron chi connectivity index (χ1n) is 6.56. The number of primary amides is 1. The lowest BCUT2D eigenvalue weighted by Gasteiger charge is -2.08. The molecule has 1 aromatic carbocycles. The van der Waals surface area contributed by atoms with Gasteiger partial charge in [0.05, 0.1) is 6.61 Å². The van der Waals surface area contributed by atoms with E-state index in [1.54, 1.807) is 6.07 Å². The molecule has 0 unspecified atom stereocenters. The van der Waals surface area contributed by atoms with Crippen molar-refractivity contribution >= 4 is 11.9 Å². The fourth-order valence-corrected chi connectivity index (χ4v) is 1.62. The van der Waals surface area contributed by atoms with Crippen LogP contribution in [0.5, 0.6) is 0 Å². The van der Waals surface area contributed by atoms with Crippen molar-refractivity contribution in [2.24, 2.45) is 5.73 Å². The van der Waals surface area contributed by atoms with E-state index in [-0.39, 0.29) is 19.1 Å². The molecule has 0 spiro atoms. The quantitative estimate of drug-likeness (QED) is 0.457. The highest BCUT2D eigenvalue weighted by Crippen LogP contribution is 2.10. The number of rotatable bonds is 5. The number of nitrogens with two attached hydrogens (primary N) is 1. The third-order valence-electron chi connectivity index (χ3n) is 2.66. The number of aryl methyl sites for hydroxylation is 1. The first-order chi connectivity index (χ1) is 10.0. The summed E-state index contributed by atoms with van der Waals surface area (Å²) in [6, 6.07) is 4.72. The summed E-state index contributed by atoms with van der Waals surface area (Å²) >= 11 is 0. The van der Waals surface area contributed by atoms with E-state index in [1.165, 1.54) is 0 Å². The molecule has 0 saturated carbocycles. The summed E-state index contributed by atoms with van der Waals surface area (Å²) in [4.78, 5) is 22.6. The molecular weight excluding hydrogens is 270 g/mol. The van der Waals surface area contributed by atoms with Gasteiger partial charge in [-0.1, -0.05) is 17.9 Å². The van der Waals surface area contributed by atoms with Crippen LogP contribution in [0.25, 0.3) is 0 Å². The van der Waals surface area contributed by atoms with Gasteiger partial charge in [-0.05, 0) is 24.6 Å². The maximum Gasteiger partial charge on any atom is 0.312 e. The van der Waals surface area contributed by atoms with Gasteiger partial charge in [-0.2, -0.15) is 0 Å². The number of amides is 3. The first-order valence-corrected chi connectivity index (χ1v) is 6.56. The summed E-state index contributed by atoms with van der Waals surface area (Å²) in [5, 5.41) is 13.8. The summed E-state index contributed by atoms with van der Waals surface area (Å²) in [5.41, 5.74) is 7.01. The highest BCUT2D eigenvalue weighted by atomic mass is 16.2. The summed E-state index contributed by atoms with van der Waals surface area (Å²) in [6.07, 6.45) is 0.397. The van der Waals surface area contributed by atoms with Crippen molar-refractivity contribution in [2.75, 3.05) is 19.7 Å². The standard InChI is InChI=1S/C15H19N3O3/c1-11-5-6-12(4-2-3-9-19)10-13(11)14(20)17-7-8-18-15(16)21/h5-6,10,19H,3,7-9H2,1H3,(H,17,20)(H3,16,18,21). The molecule has 0 aliphatic carbocycles. The van der Waals surface area contributed by atoms with Crippen LogP contribution in [-0.4, -0.2) is 36.7 Å². The Balaban J connectivity index is 2.68. The monoisotopic (exact) mass is 289 g/mol. The number of urea groups is 1. The molecule has 0 radical (unpaired) electrons. The predicted octanol–water partition coefficient (Wildman–Crippen LogP) is 0.127. The molecule has 0 atom stereocenters. The van der Waals surface area contributed by atoms with Gasteiger partial charge < -0.3 is 21.5 Å². The Hall–Kier alpha value is -2.52. The summed E-state index contributed by atoms with van der Waals surface area (Å²) in [6.45, 7) is 2.42. The summed E-state index contributed by atoms with van der Waals surface area (Å²) in [5.74, 6) is 5.46. The van der Waals surface area contributed by atoms with Gasteiger partial charge >= 0.3 is 6.03 Å². The highest BCUT2D eigenvalue weighted by Gasteiger charge is 2.08. The van der Waals surface area contributed by atoms with Crippen LogP contribution in [0.15, 0.2) is 18.2 Å². The number of nitrogens with one attached hydrogen (secondary N) is 2. The van der Waals surface area contributed by atoms with Gasteiger partial charge in [-0.3, -0.25) is 4.79 Å². The van der Waals surface area contributed by atoms with Crippen molar-refractivity contribution in [3.8, 4) is 11.8 Å². The van der Waals surface area contributed by atoms with Gasteiger partial charge in [0.25, 0.3) is 5.91 Å². The topological polar surface area (TPSA) is 104 Å². The fourth-order valence-electron chi connectivity index (χ4n) is 1.62. The van der Waals surface area contributed by atoms with Gasteiger partial charge in [-0.15, -0.1) is 0 Å². The maximum absolute atomic E-state index is 12.0. The molecule has 1 rings (SSSR count). The average Bonchev–Trinajstić information content (AvgIpc) is 2.45. The average molecular weight is 289 g/mol. The number of hydrogen-bond donors (Lipinski definition) is 4. The van der Waals surface area contributed by atoms with Crippen LogP contribution in [-0.2, 0) is 0 Å². The van der Waals surface area contributed by atoms with Crippen molar-refractivity contribution in [1.82, 2.24) is 10.6 Å². The van der Waals surface area contributed by atoms with Crippen LogP contribution in [0.3, 0.4) is 0 Å². The fraction of sp³-hybridized carbons (Fsp3) is 0.333. The van der Waals surface area contributed by atoms with E-state index in [9.17, 15) is 9.59 Å². The molecule has 0 aromatic heterocycles. The van der Waals surface area contributed by atoms with Gasteiger partial charge in [0.15, 0.2) is 0 Å². The second-order valence-corrected chi connectivity index (χ2v) is 4.35. The van der Waals surface area contributed by atoms with Crippen molar-refractivity contribution < 1.29 is 14.7 Å². The van der Waals surface area contributed by atoms with E-state index in [0.717, 1.165) is 11.1 Å². The van der Waals surface area contributed by atoms with Crippen LogP contribution in [0.4, 0.5) is 4.79 Å². The van der Waals surface area contributed by atoms with E-state index < -0.39 is 6.03 Å². The van der Waals surface area contributed by atoms with Gasteiger partial charge in [0.1, 0.15) is 0 Å². The van der Waals surface area contributed by atoms with E-state index >= 15 is 0 Å². The summed E-state index contributed by atoms with van der Waals surface area (Å²) in [7, 11) is 0. The van der Waals surface area contributed by atoms with E-state index in [0.29, 0.717) is 18.5 Å². The minimum Gasteiger partial charge on any atom is -0.395 e. The van der Waals surface area contributed by atoms with Crippen LogP contribution in [0.2, 0.25) is 0 Å². The van der Waals surface area contributed by atoms with Crippen LogP contribution in [0, 0.1) is 18.8 Å². The zero-order valence-corrected chi connectivity index (χ0v) is 11.9. The van der Waals surface area contributed by atoms with Crippen LogP contribution in [0.1, 0.15) is 27.9 Å². The Morgan fingerprint density at radius 1 is 1.29 bits per heavy atom. The Kier molecular flexibility index (Phi) is 6.78. The molecule has 112 valence electrons. The molecule has 1 aromatic rings. The van der Waals surface area contributed by atoms with E-state index in [4.69, 9.17) is 10.8 Å². The number of aliphatic hydroxyl groups excluding tert-OH is 1. The lowest BCUT2D eigenvalue weighted by molar-refractivity contribution is 0.0953. The SMILES string of the molecule is Cc1ccc(C#CCCO)cc1C(=O)NCCNC(N)=O. The molecule has 6 heteroatoms. The molecule has 0 aliphatic rings. The lowest BCUT2D eigenvalue weighted by atomic mass is 10.0. The molecule has 0 bridgehead atoms. The van der Waals surface area contributed by atoms with E-state index in [2.05, 4.69) is 22.5 Å². The van der Waals surface area contributed by atoms with E-state index in [1.807, 2.05) is 19.1 Å². The molecule has 0 aliphatic heterocycles. The lowest BCUT2D eigenvalue weighted by Crippen LogP contribution is -2.37. The zero-order chi connectivity index (χ0) is 15.7. The molecule has 0 fully saturated rings. The maximum atomic E-state index is 12.0. The number of hydrogen-bond acceptors (Lipinski definition) is 3. The van der Waals surface area contributed by atoms with Crippen molar-refractivity contribution in [1.29, 1.82) is 0 Å². The molecule has 0 saturated heterocycles. The first kappa shape index (κ1) is 16.5. The summed E-state index contributed by atoms with van der Waals surface area (Å²) < 4.78 is 0. The van der Waals surface area contributed by atoms with Crippen molar-refractivity contribution in [2.45, 2.75) is 13.3 Å². The molecule has 21 heavy (non-hydrogen) atoms. The molecule has 5 N–H and O–H groups in total. The molecule has 3 amide bonds. The second kappa shape index (κ2) is 8.61. The van der Waals surface area contributed by atoms with Crippen molar-refractivity contribution in [3.63, 3.8) is 0 Å². The molecular formula is C15H19N3O3. The zero-order valence-electron chi connectivity index (χ0n) is 11.9. The predicted molar refractivity (Wildman–Crippen MR) is 79.7 cm³/mol. The van der Waals surface area contributed by atoms with Crippen LogP contribution < -0.4 is 16.4 Å². The largest absolute Gasteiger partial charge is 0.395 e. The Morgan fingerprint density at radius 3 is 2.67 bits per heavy atom. The number of carbonyl (C=O) groups excluding carboxylic acids is 2. The Labute approximate surface area is 123 Å². The Morgan fingerprint density at radius 2 is 2.00 bits per heavy atom. The highest BCUT2D eigenvalue weighted by molar-refractivity contribution is 5.96. The number of benzene rings is 1. The third-order valence-corrected chi connectivity index (χ3v) is 2.66. The Bertz CT molecular complexity index is 573. The van der Waals surface area contributed by atoms with Gasteiger partial charge in [0.2, 0.25) is 0 Å². The van der Waals surface area contributed by atoms with Crippen LogP contribution >= 0.6 is 0 Å². The normalized spacial score (nSPS) is 9.43. The second-order valence-electron chi connectivity index (χ2n) is 4.35. The minimum absolute atomic E-state index is 0.0130. The minimum atomic E-state index is -0.624.